The second kappa shape index (κ2) is 2.40. The lowest BCUT2D eigenvalue weighted by atomic mass is 10.4. The zero-order valence-corrected chi connectivity index (χ0v) is 7.95. The fraction of sp³-hybridized carbons (Fsp3) is 0.167. The Balaban J connectivity index is 2.91. The van der Waals surface area contributed by atoms with Crippen molar-refractivity contribution in [3.8, 4) is 0 Å². The molecule has 0 amide bonds. The largest absolute Gasteiger partial charge is 0.261 e. The molecule has 0 unspecified atom stereocenters. The molecule has 2 aromatic rings. The average Bonchev–Trinajstić information content (AvgIpc) is 2.34. The Labute approximate surface area is 76.6 Å². The number of aryl methyl sites for hydroxylation is 1. The average molecular weight is 260 g/mol. The van der Waals surface area contributed by atoms with E-state index in [0.29, 0.717) is 0 Å². The van der Waals surface area contributed by atoms with Gasteiger partial charge in [0.2, 0.25) is 0 Å². The van der Waals surface area contributed by atoms with Crippen LogP contribution in [0.1, 0.15) is 5.82 Å². The summed E-state index contributed by atoms with van der Waals surface area (Å²) in [5.41, 5.74) is 0.807. The minimum Gasteiger partial charge on any atom is -0.261 e. The van der Waals surface area contributed by atoms with Crippen molar-refractivity contribution in [1.82, 2.24) is 20.2 Å². The van der Waals surface area contributed by atoms with Crippen LogP contribution in [0.25, 0.3) is 11.0 Å². The van der Waals surface area contributed by atoms with Crippen molar-refractivity contribution in [1.29, 1.82) is 0 Å². The molecule has 0 radical (unpaired) electrons. The van der Waals surface area contributed by atoms with Crippen molar-refractivity contribution in [2.24, 2.45) is 0 Å². The molecule has 5 heteroatoms. The summed E-state index contributed by atoms with van der Waals surface area (Å²) in [7, 11) is 0. The first-order valence-corrected chi connectivity index (χ1v) is 4.18. The molecule has 2 rings (SSSR count). The minimum absolute atomic E-state index is 0.770. The molecule has 11 heavy (non-hydrogen) atoms. The highest BCUT2D eigenvalue weighted by atomic mass is 127. The van der Waals surface area contributed by atoms with E-state index in [0.717, 1.165) is 20.6 Å². The summed E-state index contributed by atoms with van der Waals surface area (Å²) in [6.07, 6.45) is 1.73. The molecule has 0 saturated carbocycles. The smallest absolute Gasteiger partial charge is 0.159 e. The molecule has 0 aliphatic rings. The molecule has 2 aromatic heterocycles. The zero-order valence-electron chi connectivity index (χ0n) is 5.80. The molecule has 4 nitrogen and oxygen atoms in total. The van der Waals surface area contributed by atoms with Gasteiger partial charge in [-0.25, -0.2) is 9.97 Å². The van der Waals surface area contributed by atoms with Crippen LogP contribution in [0.5, 0.6) is 0 Å². The van der Waals surface area contributed by atoms with E-state index < -0.39 is 0 Å². The molecular formula is C6H5IN4. The van der Waals surface area contributed by atoms with Crippen LogP contribution >= 0.6 is 22.6 Å². The Morgan fingerprint density at radius 2 is 2.27 bits per heavy atom. The summed E-state index contributed by atoms with van der Waals surface area (Å²) in [5.74, 6) is 0.770. The molecule has 0 aliphatic carbocycles. The van der Waals surface area contributed by atoms with E-state index in [1.165, 1.54) is 0 Å². The van der Waals surface area contributed by atoms with Gasteiger partial charge in [-0.05, 0) is 29.5 Å². The molecule has 1 N–H and O–H groups in total. The fourth-order valence-corrected chi connectivity index (χ4v) is 1.65. The number of H-pyrrole nitrogens is 1. The van der Waals surface area contributed by atoms with Gasteiger partial charge in [0.1, 0.15) is 9.53 Å². The van der Waals surface area contributed by atoms with Gasteiger partial charge in [-0.1, -0.05) is 0 Å². The van der Waals surface area contributed by atoms with Gasteiger partial charge < -0.3 is 0 Å². The Bertz CT molecular complexity index is 394. The summed E-state index contributed by atoms with van der Waals surface area (Å²) < 4.78 is 0.943. The third-order valence-corrected chi connectivity index (χ3v) is 2.20. The van der Waals surface area contributed by atoms with E-state index in [2.05, 4.69) is 42.8 Å². The second-order valence-corrected chi connectivity index (χ2v) is 3.22. The van der Waals surface area contributed by atoms with E-state index in [4.69, 9.17) is 0 Å². The highest BCUT2D eigenvalue weighted by molar-refractivity contribution is 14.1. The standard InChI is InChI=1S/C6H5IN4/c1-3-9-5(7)4-2-8-11-6(4)10-3/h2H,1H3,(H,8,9,10,11). The van der Waals surface area contributed by atoms with Crippen LogP contribution < -0.4 is 0 Å². The van der Waals surface area contributed by atoms with Crippen molar-refractivity contribution in [2.45, 2.75) is 6.92 Å². The predicted octanol–water partition coefficient (Wildman–Crippen LogP) is 1.27. The third kappa shape index (κ3) is 1.09. The lowest BCUT2D eigenvalue weighted by molar-refractivity contribution is 1.04. The van der Waals surface area contributed by atoms with Crippen molar-refractivity contribution in [3.05, 3.63) is 15.7 Å². The first-order valence-electron chi connectivity index (χ1n) is 3.10. The van der Waals surface area contributed by atoms with Gasteiger partial charge in [-0.3, -0.25) is 5.10 Å². The number of nitrogens with zero attached hydrogens (tertiary/aromatic N) is 3. The summed E-state index contributed by atoms with van der Waals surface area (Å²) in [5, 5.41) is 7.65. The topological polar surface area (TPSA) is 54.5 Å². The van der Waals surface area contributed by atoms with Gasteiger partial charge in [0.15, 0.2) is 5.65 Å². The quantitative estimate of drug-likeness (QED) is 0.573. The molecule has 0 aliphatic heterocycles. The summed E-state index contributed by atoms with van der Waals surface area (Å²) in [6.45, 7) is 1.86. The number of aromatic amines is 1. The molecule has 0 aromatic carbocycles. The maximum absolute atomic E-state index is 4.19. The van der Waals surface area contributed by atoms with Crippen molar-refractivity contribution >= 4 is 33.6 Å². The monoisotopic (exact) mass is 260 g/mol. The van der Waals surface area contributed by atoms with Crippen molar-refractivity contribution < 1.29 is 0 Å². The first-order chi connectivity index (χ1) is 5.27. The SMILES string of the molecule is Cc1nc(I)c2cn[nH]c2n1. The van der Waals surface area contributed by atoms with E-state index in [1.54, 1.807) is 6.20 Å². The number of hydrogen-bond acceptors (Lipinski definition) is 3. The van der Waals surface area contributed by atoms with Crippen LogP contribution in [-0.4, -0.2) is 20.2 Å². The highest BCUT2D eigenvalue weighted by Crippen LogP contribution is 2.13. The van der Waals surface area contributed by atoms with Gasteiger partial charge >= 0.3 is 0 Å². The number of nitrogens with one attached hydrogen (secondary N) is 1. The zero-order chi connectivity index (χ0) is 7.84. The van der Waals surface area contributed by atoms with Gasteiger partial charge in [-0.15, -0.1) is 0 Å². The van der Waals surface area contributed by atoms with E-state index in [1.807, 2.05) is 6.92 Å². The van der Waals surface area contributed by atoms with Crippen LogP contribution in [0, 0.1) is 10.6 Å². The Kier molecular flexibility index (Phi) is 1.52. The molecule has 0 atom stereocenters. The summed E-state index contributed by atoms with van der Waals surface area (Å²) in [4.78, 5) is 8.35. The molecule has 56 valence electrons. The molecule has 0 saturated heterocycles. The molecule has 0 spiro atoms. The maximum atomic E-state index is 4.19. The predicted molar refractivity (Wildman–Crippen MR) is 49.1 cm³/mol. The third-order valence-electron chi connectivity index (χ3n) is 1.38. The van der Waals surface area contributed by atoms with Crippen LogP contribution in [0.3, 0.4) is 0 Å². The summed E-state index contributed by atoms with van der Waals surface area (Å²) in [6, 6.07) is 0. The van der Waals surface area contributed by atoms with Crippen LogP contribution in [0.4, 0.5) is 0 Å². The first kappa shape index (κ1) is 6.96. The Morgan fingerprint density at radius 1 is 1.45 bits per heavy atom. The van der Waals surface area contributed by atoms with Crippen LogP contribution in [0.15, 0.2) is 6.20 Å². The van der Waals surface area contributed by atoms with Gasteiger partial charge in [0.25, 0.3) is 0 Å². The number of rotatable bonds is 0. The normalized spacial score (nSPS) is 10.7. The lowest BCUT2D eigenvalue weighted by Crippen LogP contribution is -1.90. The molecular weight excluding hydrogens is 255 g/mol. The van der Waals surface area contributed by atoms with Gasteiger partial charge in [-0.2, -0.15) is 5.10 Å². The van der Waals surface area contributed by atoms with Gasteiger partial charge in [0.05, 0.1) is 11.6 Å². The number of aromatic nitrogens is 4. The fourth-order valence-electron chi connectivity index (χ4n) is 0.905. The molecule has 2 heterocycles. The van der Waals surface area contributed by atoms with Crippen LogP contribution in [-0.2, 0) is 0 Å². The number of fused-ring (bicyclic) bond motifs is 1. The van der Waals surface area contributed by atoms with Crippen molar-refractivity contribution in [2.75, 3.05) is 0 Å². The van der Waals surface area contributed by atoms with Crippen molar-refractivity contribution in [3.63, 3.8) is 0 Å². The summed E-state index contributed by atoms with van der Waals surface area (Å²) >= 11 is 2.17. The lowest BCUT2D eigenvalue weighted by Gasteiger charge is -1.93. The molecule has 0 bridgehead atoms. The van der Waals surface area contributed by atoms with E-state index >= 15 is 0 Å². The molecule has 0 fully saturated rings. The van der Waals surface area contributed by atoms with Gasteiger partial charge in [0, 0.05) is 0 Å². The maximum Gasteiger partial charge on any atom is 0.159 e. The second-order valence-electron chi connectivity index (χ2n) is 2.19. The van der Waals surface area contributed by atoms with E-state index in [9.17, 15) is 0 Å². The Morgan fingerprint density at radius 3 is 3.09 bits per heavy atom. The minimum atomic E-state index is 0.770. The highest BCUT2D eigenvalue weighted by Gasteiger charge is 2.02. The Hall–Kier alpha value is -0.720. The number of hydrogen-bond donors (Lipinski definition) is 1. The van der Waals surface area contributed by atoms with Crippen LogP contribution in [0.2, 0.25) is 0 Å². The van der Waals surface area contributed by atoms with E-state index in [-0.39, 0.29) is 0 Å². The number of halogens is 1.